The quantitative estimate of drug-likeness (QED) is 0.481. The first kappa shape index (κ1) is 24.5. The minimum Gasteiger partial charge on any atom is -0.368 e. The van der Waals surface area contributed by atoms with Gasteiger partial charge in [0.25, 0.3) is 11.6 Å². The molecular weight excluding hydrogens is 465 g/mol. The van der Waals surface area contributed by atoms with E-state index in [1.54, 1.807) is 15.9 Å². The van der Waals surface area contributed by atoms with Crippen molar-refractivity contribution in [2.45, 2.75) is 19.0 Å². The van der Waals surface area contributed by atoms with Gasteiger partial charge in [0.1, 0.15) is 0 Å². The highest BCUT2D eigenvalue weighted by molar-refractivity contribution is 5.94. The van der Waals surface area contributed by atoms with Crippen molar-refractivity contribution in [3.8, 4) is 0 Å². The van der Waals surface area contributed by atoms with Crippen LogP contribution < -0.4 is 4.90 Å². The fourth-order valence-electron chi connectivity index (χ4n) is 4.56. The Balaban J connectivity index is 1.28. The molecule has 0 N–H and O–H groups in total. The number of anilines is 1. The summed E-state index contributed by atoms with van der Waals surface area (Å²) in [5, 5.41) is 11.0. The number of nitro groups is 1. The lowest BCUT2D eigenvalue weighted by atomic mass is 9.94. The van der Waals surface area contributed by atoms with Crippen molar-refractivity contribution in [1.82, 2.24) is 9.80 Å². The molecule has 0 aromatic heterocycles. The second kappa shape index (κ2) is 9.93. The molecular formula is C24H25F3N4O4. The topological polar surface area (TPSA) is 87.0 Å². The number of carbonyl (C=O) groups excluding carboxylic acids is 2. The molecule has 35 heavy (non-hydrogen) atoms. The number of hydrogen-bond acceptors (Lipinski definition) is 5. The molecule has 2 saturated heterocycles. The standard InChI is InChI=1S/C24H25F3N4O4/c25-24(26,27)19-6-4-17(5-7-19)22(32)29-10-8-18(9-11-29)23(33)30-14-12-28(13-15-30)20-2-1-3-21(16-20)31(34)35/h1-7,16,18H,8-15H2. The predicted octanol–water partition coefficient (Wildman–Crippen LogP) is 3.81. The van der Waals surface area contributed by atoms with Crippen molar-refractivity contribution in [3.63, 3.8) is 0 Å². The Kier molecular flexibility index (Phi) is 6.95. The second-order valence-corrected chi connectivity index (χ2v) is 8.73. The van der Waals surface area contributed by atoms with E-state index >= 15 is 0 Å². The Morgan fingerprint density at radius 3 is 2.09 bits per heavy atom. The number of carbonyl (C=O) groups is 2. The number of likely N-dealkylation sites (tertiary alicyclic amines) is 1. The fraction of sp³-hybridized carbons (Fsp3) is 0.417. The third kappa shape index (κ3) is 5.55. The number of non-ortho nitro benzene ring substituents is 1. The summed E-state index contributed by atoms with van der Waals surface area (Å²) in [4.78, 5) is 41.7. The van der Waals surface area contributed by atoms with Gasteiger partial charge >= 0.3 is 6.18 Å². The lowest BCUT2D eigenvalue weighted by Gasteiger charge is -2.39. The summed E-state index contributed by atoms with van der Waals surface area (Å²) in [6.07, 6.45) is -3.46. The molecule has 4 rings (SSSR count). The Morgan fingerprint density at radius 2 is 1.51 bits per heavy atom. The zero-order valence-electron chi connectivity index (χ0n) is 18.9. The molecule has 2 aromatic rings. The van der Waals surface area contributed by atoms with Crippen LogP contribution in [0.15, 0.2) is 48.5 Å². The lowest BCUT2D eigenvalue weighted by Crippen LogP contribution is -2.52. The summed E-state index contributed by atoms with van der Waals surface area (Å²) < 4.78 is 38.2. The van der Waals surface area contributed by atoms with Crippen LogP contribution in [0.1, 0.15) is 28.8 Å². The van der Waals surface area contributed by atoms with E-state index in [0.717, 1.165) is 17.8 Å². The van der Waals surface area contributed by atoms with E-state index in [9.17, 15) is 32.9 Å². The van der Waals surface area contributed by atoms with E-state index in [1.807, 2.05) is 11.0 Å². The molecule has 0 atom stereocenters. The molecule has 11 heteroatoms. The van der Waals surface area contributed by atoms with Gasteiger partial charge in [0, 0.05) is 68.6 Å². The van der Waals surface area contributed by atoms with Crippen LogP contribution in [0, 0.1) is 16.0 Å². The van der Waals surface area contributed by atoms with Crippen molar-refractivity contribution < 1.29 is 27.7 Å². The first-order valence-electron chi connectivity index (χ1n) is 11.4. The Labute approximate surface area is 200 Å². The molecule has 2 amide bonds. The van der Waals surface area contributed by atoms with Crippen LogP contribution in [0.5, 0.6) is 0 Å². The SMILES string of the molecule is O=C(c1ccc(C(F)(F)F)cc1)N1CCC(C(=O)N2CCN(c3cccc([N+](=O)[O-])c3)CC2)CC1. The van der Waals surface area contributed by atoms with Crippen molar-refractivity contribution in [2.75, 3.05) is 44.2 Å². The lowest BCUT2D eigenvalue weighted by molar-refractivity contribution is -0.384. The van der Waals surface area contributed by atoms with Gasteiger partial charge in [0.15, 0.2) is 0 Å². The first-order valence-corrected chi connectivity index (χ1v) is 11.4. The van der Waals surface area contributed by atoms with Gasteiger partial charge in [-0.2, -0.15) is 13.2 Å². The summed E-state index contributed by atoms with van der Waals surface area (Å²) in [5.74, 6) is -0.517. The third-order valence-electron chi connectivity index (χ3n) is 6.59. The highest BCUT2D eigenvalue weighted by atomic mass is 19.4. The fourth-order valence-corrected chi connectivity index (χ4v) is 4.56. The van der Waals surface area contributed by atoms with Gasteiger partial charge < -0.3 is 14.7 Å². The zero-order valence-corrected chi connectivity index (χ0v) is 18.9. The minimum absolute atomic E-state index is 0.0265. The van der Waals surface area contributed by atoms with Crippen LogP contribution in [0.4, 0.5) is 24.5 Å². The molecule has 0 bridgehead atoms. The number of rotatable bonds is 4. The van der Waals surface area contributed by atoms with E-state index < -0.39 is 16.7 Å². The number of nitrogens with zero attached hydrogens (tertiary/aromatic N) is 4. The minimum atomic E-state index is -4.45. The summed E-state index contributed by atoms with van der Waals surface area (Å²) in [6.45, 7) is 2.88. The first-order chi connectivity index (χ1) is 16.6. The van der Waals surface area contributed by atoms with Crippen molar-refractivity contribution in [3.05, 3.63) is 69.8 Å². The highest BCUT2D eigenvalue weighted by Gasteiger charge is 2.33. The van der Waals surface area contributed by atoms with E-state index in [1.165, 1.54) is 24.3 Å². The van der Waals surface area contributed by atoms with Gasteiger partial charge in [-0.3, -0.25) is 19.7 Å². The average Bonchev–Trinajstić information content (AvgIpc) is 2.87. The van der Waals surface area contributed by atoms with E-state index in [0.29, 0.717) is 52.1 Å². The van der Waals surface area contributed by atoms with Crippen LogP contribution in [-0.2, 0) is 11.0 Å². The smallest absolute Gasteiger partial charge is 0.368 e. The van der Waals surface area contributed by atoms with Crippen molar-refractivity contribution in [2.24, 2.45) is 5.92 Å². The van der Waals surface area contributed by atoms with Gasteiger partial charge in [-0.25, -0.2) is 0 Å². The largest absolute Gasteiger partial charge is 0.416 e. The number of piperidine rings is 1. The van der Waals surface area contributed by atoms with E-state index in [2.05, 4.69) is 0 Å². The molecule has 2 aliphatic rings. The summed E-state index contributed by atoms with van der Waals surface area (Å²) in [7, 11) is 0. The van der Waals surface area contributed by atoms with Crippen molar-refractivity contribution in [1.29, 1.82) is 0 Å². The maximum Gasteiger partial charge on any atom is 0.416 e. The maximum absolute atomic E-state index is 13.0. The molecule has 2 aliphatic heterocycles. The number of amides is 2. The molecule has 0 unspecified atom stereocenters. The van der Waals surface area contributed by atoms with Gasteiger partial charge in [0.05, 0.1) is 10.5 Å². The number of halogens is 3. The third-order valence-corrected chi connectivity index (χ3v) is 6.59. The molecule has 2 heterocycles. The molecule has 0 saturated carbocycles. The number of alkyl halides is 3. The van der Waals surface area contributed by atoms with Crippen molar-refractivity contribution >= 4 is 23.2 Å². The van der Waals surface area contributed by atoms with Crippen LogP contribution in [0.2, 0.25) is 0 Å². The van der Waals surface area contributed by atoms with E-state index in [-0.39, 0.29) is 29.0 Å². The van der Waals surface area contributed by atoms with Gasteiger partial charge in [-0.1, -0.05) is 6.07 Å². The number of hydrogen-bond donors (Lipinski definition) is 0. The summed E-state index contributed by atoms with van der Waals surface area (Å²) in [6, 6.07) is 10.6. The molecule has 8 nitrogen and oxygen atoms in total. The van der Waals surface area contributed by atoms with Crippen LogP contribution in [0.25, 0.3) is 0 Å². The Bertz CT molecular complexity index is 1090. The predicted molar refractivity (Wildman–Crippen MR) is 122 cm³/mol. The molecule has 186 valence electrons. The van der Waals surface area contributed by atoms with Gasteiger partial charge in [-0.05, 0) is 43.2 Å². The van der Waals surface area contributed by atoms with Crippen LogP contribution >= 0.6 is 0 Å². The number of piperazine rings is 1. The summed E-state index contributed by atoms with van der Waals surface area (Å²) >= 11 is 0. The zero-order chi connectivity index (χ0) is 25.2. The number of nitro benzene ring substituents is 1. The van der Waals surface area contributed by atoms with Gasteiger partial charge in [0.2, 0.25) is 5.91 Å². The van der Waals surface area contributed by atoms with E-state index in [4.69, 9.17) is 0 Å². The Morgan fingerprint density at radius 1 is 0.886 bits per heavy atom. The molecule has 2 fully saturated rings. The van der Waals surface area contributed by atoms with Crippen LogP contribution in [-0.4, -0.2) is 65.8 Å². The molecule has 2 aromatic carbocycles. The molecule has 0 spiro atoms. The second-order valence-electron chi connectivity index (χ2n) is 8.73. The Hall–Kier alpha value is -3.63. The monoisotopic (exact) mass is 490 g/mol. The molecule has 0 aliphatic carbocycles. The van der Waals surface area contributed by atoms with Gasteiger partial charge in [-0.15, -0.1) is 0 Å². The average molecular weight is 490 g/mol. The highest BCUT2D eigenvalue weighted by Crippen LogP contribution is 2.30. The maximum atomic E-state index is 13.0. The molecule has 0 radical (unpaired) electrons. The number of benzene rings is 2. The summed E-state index contributed by atoms with van der Waals surface area (Å²) in [5.41, 5.74) is 0.170. The normalized spacial score (nSPS) is 17.4. The van der Waals surface area contributed by atoms with Crippen LogP contribution in [0.3, 0.4) is 0 Å².